The number of amides is 2. The Morgan fingerprint density at radius 2 is 1.86 bits per heavy atom. The summed E-state index contributed by atoms with van der Waals surface area (Å²) in [6.45, 7) is 9.02. The van der Waals surface area contributed by atoms with Crippen molar-refractivity contribution in [1.29, 1.82) is 0 Å². The average molecular weight is 399 g/mol. The first-order valence-corrected chi connectivity index (χ1v) is 10.6. The lowest BCUT2D eigenvalue weighted by atomic mass is 10.1. The van der Waals surface area contributed by atoms with E-state index in [9.17, 15) is 14.7 Å². The van der Waals surface area contributed by atoms with E-state index in [-0.39, 0.29) is 11.9 Å². The highest BCUT2D eigenvalue weighted by Crippen LogP contribution is 2.24. The summed E-state index contributed by atoms with van der Waals surface area (Å²) in [5, 5.41) is 10.4. The van der Waals surface area contributed by atoms with Gasteiger partial charge in [0.05, 0.1) is 6.04 Å². The molecule has 0 radical (unpaired) electrons. The van der Waals surface area contributed by atoms with Crippen LogP contribution in [0.25, 0.3) is 10.9 Å². The van der Waals surface area contributed by atoms with Crippen LogP contribution in [0.4, 0.5) is 4.79 Å². The molecule has 2 amide bonds. The zero-order chi connectivity index (χ0) is 20.5. The molecule has 2 fully saturated rings. The maximum atomic E-state index is 13.0. The molecule has 2 aliphatic heterocycles. The molecular weight excluding hydrogens is 368 g/mol. The van der Waals surface area contributed by atoms with E-state index in [1.165, 1.54) is 0 Å². The fraction of sp³-hybridized carbons (Fsp3) is 0.545. The Bertz CT molecular complexity index is 899. The fourth-order valence-electron chi connectivity index (χ4n) is 4.62. The van der Waals surface area contributed by atoms with Gasteiger partial charge in [-0.05, 0) is 51.0 Å². The Morgan fingerprint density at radius 1 is 1.10 bits per heavy atom. The number of aromatic nitrogens is 1. The van der Waals surface area contributed by atoms with Crippen LogP contribution >= 0.6 is 0 Å². The van der Waals surface area contributed by atoms with Crippen molar-refractivity contribution in [2.75, 3.05) is 32.7 Å². The Labute approximate surface area is 171 Å². The second-order valence-corrected chi connectivity index (χ2v) is 8.44. The van der Waals surface area contributed by atoms with Gasteiger partial charge in [0.25, 0.3) is 5.91 Å². The molecule has 2 aromatic rings. The second-order valence-electron chi connectivity index (χ2n) is 8.44. The summed E-state index contributed by atoms with van der Waals surface area (Å²) >= 11 is 0. The first-order valence-electron chi connectivity index (χ1n) is 10.6. The van der Waals surface area contributed by atoms with Crippen molar-refractivity contribution in [3.63, 3.8) is 0 Å². The number of piperazine rings is 1. The van der Waals surface area contributed by atoms with Crippen molar-refractivity contribution in [2.24, 2.45) is 0 Å². The number of carboxylic acid groups (broad SMARTS) is 1. The SMILES string of the molecule is CC(C)N1CCN(C(=O)c2ccc3c(ccn3C[C@@H]3CCCN3C(=O)O)c2)CC1. The molecule has 0 bridgehead atoms. The van der Waals surface area contributed by atoms with Crippen molar-refractivity contribution in [3.8, 4) is 0 Å². The molecule has 0 aliphatic carbocycles. The lowest BCUT2D eigenvalue weighted by Crippen LogP contribution is -2.50. The Morgan fingerprint density at radius 3 is 2.55 bits per heavy atom. The molecule has 0 saturated carbocycles. The van der Waals surface area contributed by atoms with Gasteiger partial charge >= 0.3 is 6.09 Å². The molecule has 1 aromatic carbocycles. The van der Waals surface area contributed by atoms with E-state index in [1.54, 1.807) is 4.90 Å². The van der Waals surface area contributed by atoms with Crippen LogP contribution in [0.2, 0.25) is 0 Å². The van der Waals surface area contributed by atoms with E-state index >= 15 is 0 Å². The summed E-state index contributed by atoms with van der Waals surface area (Å²) in [6.07, 6.45) is 2.97. The molecule has 4 rings (SSSR count). The number of likely N-dealkylation sites (tertiary alicyclic amines) is 1. The van der Waals surface area contributed by atoms with Crippen molar-refractivity contribution < 1.29 is 14.7 Å². The molecule has 0 spiro atoms. The zero-order valence-corrected chi connectivity index (χ0v) is 17.3. The van der Waals surface area contributed by atoms with Crippen LogP contribution in [0.5, 0.6) is 0 Å². The van der Waals surface area contributed by atoms with E-state index in [2.05, 4.69) is 23.3 Å². The number of fused-ring (bicyclic) bond motifs is 1. The highest BCUT2D eigenvalue weighted by atomic mass is 16.4. The molecule has 1 aromatic heterocycles. The largest absolute Gasteiger partial charge is 0.465 e. The number of hydrogen-bond acceptors (Lipinski definition) is 3. The number of carbonyl (C=O) groups is 2. The van der Waals surface area contributed by atoms with Crippen molar-refractivity contribution in [2.45, 2.75) is 45.3 Å². The number of benzene rings is 1. The molecule has 3 heterocycles. The van der Waals surface area contributed by atoms with E-state index in [1.807, 2.05) is 35.4 Å². The van der Waals surface area contributed by atoms with Gasteiger partial charge in [0.15, 0.2) is 0 Å². The lowest BCUT2D eigenvalue weighted by Gasteiger charge is -2.37. The summed E-state index contributed by atoms with van der Waals surface area (Å²) < 4.78 is 2.11. The molecular formula is C22H30N4O3. The molecule has 0 unspecified atom stereocenters. The van der Waals surface area contributed by atoms with Crippen molar-refractivity contribution >= 4 is 22.9 Å². The van der Waals surface area contributed by atoms with Gasteiger partial charge in [0.2, 0.25) is 0 Å². The first-order chi connectivity index (χ1) is 13.9. The van der Waals surface area contributed by atoms with Crippen LogP contribution < -0.4 is 0 Å². The zero-order valence-electron chi connectivity index (χ0n) is 17.3. The van der Waals surface area contributed by atoms with Crippen molar-refractivity contribution in [3.05, 3.63) is 36.0 Å². The molecule has 7 nitrogen and oxygen atoms in total. The molecule has 2 aliphatic rings. The second kappa shape index (κ2) is 8.06. The minimum absolute atomic E-state index is 0.0154. The first kappa shape index (κ1) is 19.8. The summed E-state index contributed by atoms with van der Waals surface area (Å²) in [7, 11) is 0. The van der Waals surface area contributed by atoms with Crippen LogP contribution in [-0.2, 0) is 6.54 Å². The number of hydrogen-bond donors (Lipinski definition) is 1. The van der Waals surface area contributed by atoms with Crippen LogP contribution in [0.15, 0.2) is 30.5 Å². The van der Waals surface area contributed by atoms with Gasteiger partial charge in [-0.15, -0.1) is 0 Å². The molecule has 1 atom stereocenters. The van der Waals surface area contributed by atoms with Gasteiger partial charge < -0.3 is 19.5 Å². The summed E-state index contributed by atoms with van der Waals surface area (Å²) in [5.74, 6) is 0.0934. The van der Waals surface area contributed by atoms with E-state index in [0.717, 1.165) is 55.5 Å². The monoisotopic (exact) mass is 398 g/mol. The third-order valence-electron chi connectivity index (χ3n) is 6.38. The minimum Gasteiger partial charge on any atom is -0.465 e. The third kappa shape index (κ3) is 3.96. The summed E-state index contributed by atoms with van der Waals surface area (Å²) in [6, 6.07) is 8.41. The van der Waals surface area contributed by atoms with Gasteiger partial charge in [-0.1, -0.05) is 0 Å². The fourth-order valence-corrected chi connectivity index (χ4v) is 4.62. The van der Waals surface area contributed by atoms with Gasteiger partial charge in [0, 0.05) is 68.0 Å². The van der Waals surface area contributed by atoms with E-state index < -0.39 is 6.09 Å². The molecule has 7 heteroatoms. The average Bonchev–Trinajstić information content (AvgIpc) is 3.34. The lowest BCUT2D eigenvalue weighted by molar-refractivity contribution is 0.0595. The molecule has 1 N–H and O–H groups in total. The Hall–Kier alpha value is -2.54. The molecule has 29 heavy (non-hydrogen) atoms. The number of carbonyl (C=O) groups excluding carboxylic acids is 1. The summed E-state index contributed by atoms with van der Waals surface area (Å²) in [4.78, 5) is 30.2. The topological polar surface area (TPSA) is 69.0 Å². The van der Waals surface area contributed by atoms with Crippen LogP contribution in [0, 0.1) is 0 Å². The van der Waals surface area contributed by atoms with E-state index in [0.29, 0.717) is 19.1 Å². The van der Waals surface area contributed by atoms with Gasteiger partial charge in [-0.2, -0.15) is 0 Å². The van der Waals surface area contributed by atoms with Gasteiger partial charge in [-0.25, -0.2) is 4.79 Å². The van der Waals surface area contributed by atoms with Gasteiger partial charge in [0.1, 0.15) is 0 Å². The van der Waals surface area contributed by atoms with Crippen LogP contribution in [0.1, 0.15) is 37.0 Å². The van der Waals surface area contributed by atoms with E-state index in [4.69, 9.17) is 0 Å². The highest BCUT2D eigenvalue weighted by Gasteiger charge is 2.29. The van der Waals surface area contributed by atoms with Crippen LogP contribution in [0.3, 0.4) is 0 Å². The van der Waals surface area contributed by atoms with Gasteiger partial charge in [-0.3, -0.25) is 9.69 Å². The Balaban J connectivity index is 1.47. The van der Waals surface area contributed by atoms with Crippen molar-refractivity contribution in [1.82, 2.24) is 19.3 Å². The Kier molecular flexibility index (Phi) is 5.50. The number of rotatable bonds is 4. The predicted octanol–water partition coefficient (Wildman–Crippen LogP) is 2.95. The standard InChI is InChI=1S/C22H30N4O3/c1-16(2)23-10-12-24(13-11-23)21(27)18-5-6-20-17(14-18)7-9-25(20)15-19-4-3-8-26(19)22(28)29/h5-7,9,14,16,19H,3-4,8,10-13,15H2,1-2H3,(H,28,29)/t19-/m0/s1. The van der Waals surface area contributed by atoms with Crippen LogP contribution in [-0.4, -0.2) is 81.2 Å². The minimum atomic E-state index is -0.839. The smallest absolute Gasteiger partial charge is 0.407 e. The molecule has 156 valence electrons. The molecule has 2 saturated heterocycles. The maximum absolute atomic E-state index is 13.0. The summed E-state index contributed by atoms with van der Waals surface area (Å²) in [5.41, 5.74) is 1.77. The maximum Gasteiger partial charge on any atom is 0.407 e. The number of nitrogens with zero attached hydrogens (tertiary/aromatic N) is 4. The third-order valence-corrected chi connectivity index (χ3v) is 6.38. The normalized spacial score (nSPS) is 20.7. The predicted molar refractivity (Wildman–Crippen MR) is 112 cm³/mol. The quantitative estimate of drug-likeness (QED) is 0.860. The highest BCUT2D eigenvalue weighted by molar-refractivity contribution is 5.98.